The minimum atomic E-state index is -1.02. The summed E-state index contributed by atoms with van der Waals surface area (Å²) < 4.78 is 5.91. The van der Waals surface area contributed by atoms with Gasteiger partial charge in [0, 0.05) is 5.38 Å². The zero-order valence-electron chi connectivity index (χ0n) is 12.5. The number of rotatable bonds is 5. The van der Waals surface area contributed by atoms with Crippen molar-refractivity contribution in [1.29, 1.82) is 0 Å². The number of aromatic nitrogens is 1. The zero-order valence-corrected chi connectivity index (χ0v) is 13.3. The number of carbonyl (C=O) groups is 1. The molecule has 0 atom stereocenters. The summed E-state index contributed by atoms with van der Waals surface area (Å²) in [5, 5.41) is 11.2. The molecule has 5 heteroatoms. The van der Waals surface area contributed by atoms with Gasteiger partial charge in [0.25, 0.3) is 0 Å². The van der Waals surface area contributed by atoms with Gasteiger partial charge < -0.3 is 9.84 Å². The number of carboxylic acids is 1. The van der Waals surface area contributed by atoms with Crippen LogP contribution in [0.1, 0.15) is 21.6 Å². The molecule has 23 heavy (non-hydrogen) atoms. The molecule has 0 spiro atoms. The number of benzene rings is 2. The predicted octanol–water partition coefficient (Wildman–Crippen LogP) is 4.40. The van der Waals surface area contributed by atoms with Crippen molar-refractivity contribution in [3.63, 3.8) is 0 Å². The van der Waals surface area contributed by atoms with Crippen molar-refractivity contribution in [3.05, 3.63) is 70.7 Å². The molecule has 0 saturated heterocycles. The third-order valence-electron chi connectivity index (χ3n) is 3.36. The number of aromatic carboxylic acids is 1. The Morgan fingerprint density at radius 2 is 1.91 bits per heavy atom. The topological polar surface area (TPSA) is 59.4 Å². The highest BCUT2D eigenvalue weighted by Crippen LogP contribution is 2.32. The minimum absolute atomic E-state index is 0.0540. The molecule has 0 fully saturated rings. The Balaban J connectivity index is 1.82. The van der Waals surface area contributed by atoms with Crippen LogP contribution in [0, 0.1) is 6.92 Å². The molecule has 116 valence electrons. The number of para-hydroxylation sites is 1. The first-order chi connectivity index (χ1) is 11.1. The predicted molar refractivity (Wildman–Crippen MR) is 90.0 cm³/mol. The molecule has 1 N–H and O–H groups in total. The molecule has 0 unspecified atom stereocenters. The van der Waals surface area contributed by atoms with E-state index >= 15 is 0 Å². The first-order valence-electron chi connectivity index (χ1n) is 7.10. The molecule has 0 amide bonds. The van der Waals surface area contributed by atoms with Crippen LogP contribution in [0.4, 0.5) is 0 Å². The number of carboxylic acid groups (broad SMARTS) is 1. The first kappa shape index (κ1) is 15.2. The van der Waals surface area contributed by atoms with E-state index in [4.69, 9.17) is 9.84 Å². The van der Waals surface area contributed by atoms with Gasteiger partial charge in [0.05, 0.1) is 5.56 Å². The van der Waals surface area contributed by atoms with Crippen molar-refractivity contribution in [3.8, 4) is 16.3 Å². The maximum Gasteiger partial charge on any atom is 0.355 e. The second kappa shape index (κ2) is 6.62. The zero-order chi connectivity index (χ0) is 16.2. The third kappa shape index (κ3) is 3.57. The average Bonchev–Trinajstić information content (AvgIpc) is 3.05. The van der Waals surface area contributed by atoms with Crippen LogP contribution in [0.5, 0.6) is 5.75 Å². The van der Waals surface area contributed by atoms with Crippen LogP contribution in [0.25, 0.3) is 10.6 Å². The molecule has 1 heterocycles. The average molecular weight is 325 g/mol. The highest BCUT2D eigenvalue weighted by molar-refractivity contribution is 7.13. The summed E-state index contributed by atoms with van der Waals surface area (Å²) in [5.74, 6) is -0.329. The van der Waals surface area contributed by atoms with E-state index in [1.165, 1.54) is 22.3 Å². The summed E-state index contributed by atoms with van der Waals surface area (Å²) in [6.07, 6.45) is 0. The molecule has 4 nitrogen and oxygen atoms in total. The third-order valence-corrected chi connectivity index (χ3v) is 4.23. The standard InChI is InChI=1S/C18H15NO3S/c1-12-6-8-13(9-7-12)10-22-16-5-3-2-4-14(16)17-19-15(11-23-17)18(20)21/h2-9,11H,10H2,1H3,(H,20,21). The number of hydrogen-bond acceptors (Lipinski definition) is 4. The fraction of sp³-hybridized carbons (Fsp3) is 0.111. The van der Waals surface area contributed by atoms with Crippen molar-refractivity contribution in [2.45, 2.75) is 13.5 Å². The maximum absolute atomic E-state index is 11.0. The summed E-state index contributed by atoms with van der Waals surface area (Å²) >= 11 is 1.30. The van der Waals surface area contributed by atoms with Crippen LogP contribution >= 0.6 is 11.3 Å². The Morgan fingerprint density at radius 3 is 2.61 bits per heavy atom. The molecule has 0 radical (unpaired) electrons. The van der Waals surface area contributed by atoms with Crippen LogP contribution in [-0.4, -0.2) is 16.1 Å². The highest BCUT2D eigenvalue weighted by atomic mass is 32.1. The van der Waals surface area contributed by atoms with E-state index in [0.29, 0.717) is 17.4 Å². The molecular formula is C18H15NO3S. The van der Waals surface area contributed by atoms with Crippen molar-refractivity contribution in [1.82, 2.24) is 4.98 Å². The van der Waals surface area contributed by atoms with Crippen LogP contribution in [-0.2, 0) is 6.61 Å². The van der Waals surface area contributed by atoms with E-state index in [9.17, 15) is 4.79 Å². The molecule has 0 bridgehead atoms. The molecule has 0 saturated carbocycles. The van der Waals surface area contributed by atoms with Gasteiger partial charge in [0.1, 0.15) is 17.4 Å². The van der Waals surface area contributed by atoms with Crippen molar-refractivity contribution >= 4 is 17.3 Å². The molecule has 3 rings (SSSR count). The SMILES string of the molecule is Cc1ccc(COc2ccccc2-c2nc(C(=O)O)cs2)cc1. The number of aryl methyl sites for hydroxylation is 1. The molecule has 1 aromatic heterocycles. The number of nitrogens with zero attached hydrogens (tertiary/aromatic N) is 1. The summed E-state index contributed by atoms with van der Waals surface area (Å²) in [6, 6.07) is 15.7. The summed E-state index contributed by atoms with van der Waals surface area (Å²) in [4.78, 5) is 15.1. The summed E-state index contributed by atoms with van der Waals surface area (Å²) in [7, 11) is 0. The Kier molecular flexibility index (Phi) is 4.39. The number of ether oxygens (including phenoxy) is 1. The van der Waals surface area contributed by atoms with E-state index in [1.807, 2.05) is 55.5 Å². The van der Waals surface area contributed by atoms with Crippen molar-refractivity contribution < 1.29 is 14.6 Å². The molecule has 3 aromatic rings. The van der Waals surface area contributed by atoms with Gasteiger partial charge in [0.15, 0.2) is 5.69 Å². The largest absolute Gasteiger partial charge is 0.488 e. The monoisotopic (exact) mass is 325 g/mol. The molecule has 0 aliphatic carbocycles. The second-order valence-corrected chi connectivity index (χ2v) is 5.97. The smallest absolute Gasteiger partial charge is 0.355 e. The lowest BCUT2D eigenvalue weighted by atomic mass is 10.1. The van der Waals surface area contributed by atoms with Gasteiger partial charge in [-0.3, -0.25) is 0 Å². The maximum atomic E-state index is 11.0. The van der Waals surface area contributed by atoms with E-state index in [0.717, 1.165) is 11.1 Å². The minimum Gasteiger partial charge on any atom is -0.488 e. The van der Waals surface area contributed by atoms with Gasteiger partial charge in [-0.2, -0.15) is 0 Å². The van der Waals surface area contributed by atoms with Gasteiger partial charge in [-0.25, -0.2) is 9.78 Å². The normalized spacial score (nSPS) is 10.5. The van der Waals surface area contributed by atoms with Gasteiger partial charge >= 0.3 is 5.97 Å². The van der Waals surface area contributed by atoms with Crippen molar-refractivity contribution in [2.24, 2.45) is 0 Å². The van der Waals surface area contributed by atoms with Gasteiger partial charge in [-0.15, -0.1) is 11.3 Å². The van der Waals surface area contributed by atoms with Gasteiger partial charge in [-0.05, 0) is 24.6 Å². The lowest BCUT2D eigenvalue weighted by Gasteiger charge is -2.10. The Bertz CT molecular complexity index is 824. The van der Waals surface area contributed by atoms with Gasteiger partial charge in [0.2, 0.25) is 0 Å². The fourth-order valence-electron chi connectivity index (χ4n) is 2.11. The van der Waals surface area contributed by atoms with E-state index in [2.05, 4.69) is 4.98 Å². The Morgan fingerprint density at radius 1 is 1.17 bits per heavy atom. The lowest BCUT2D eigenvalue weighted by molar-refractivity contribution is 0.0691. The Hall–Kier alpha value is -2.66. The van der Waals surface area contributed by atoms with Crippen LogP contribution < -0.4 is 4.74 Å². The quantitative estimate of drug-likeness (QED) is 0.755. The second-order valence-electron chi connectivity index (χ2n) is 5.11. The molecule has 2 aromatic carbocycles. The Labute approximate surface area is 138 Å². The number of thiazole rings is 1. The van der Waals surface area contributed by atoms with Crippen LogP contribution in [0.2, 0.25) is 0 Å². The van der Waals surface area contributed by atoms with Crippen LogP contribution in [0.3, 0.4) is 0 Å². The number of hydrogen-bond donors (Lipinski definition) is 1. The fourth-order valence-corrected chi connectivity index (χ4v) is 2.93. The first-order valence-corrected chi connectivity index (χ1v) is 7.98. The molecule has 0 aliphatic heterocycles. The lowest BCUT2D eigenvalue weighted by Crippen LogP contribution is -1.98. The molecule has 0 aliphatic rings. The van der Waals surface area contributed by atoms with Crippen LogP contribution in [0.15, 0.2) is 53.9 Å². The highest BCUT2D eigenvalue weighted by Gasteiger charge is 2.13. The van der Waals surface area contributed by atoms with E-state index < -0.39 is 5.97 Å². The van der Waals surface area contributed by atoms with E-state index in [1.54, 1.807) is 0 Å². The van der Waals surface area contributed by atoms with Gasteiger partial charge in [-0.1, -0.05) is 42.0 Å². The van der Waals surface area contributed by atoms with Crippen molar-refractivity contribution in [2.75, 3.05) is 0 Å². The summed E-state index contributed by atoms with van der Waals surface area (Å²) in [5.41, 5.74) is 3.14. The molecular weight excluding hydrogens is 310 g/mol. The summed E-state index contributed by atoms with van der Waals surface area (Å²) in [6.45, 7) is 2.50. The van der Waals surface area contributed by atoms with E-state index in [-0.39, 0.29) is 5.69 Å².